The number of para-hydroxylation sites is 1. The molecule has 1 aliphatic heterocycles. The van der Waals surface area contributed by atoms with E-state index in [1.54, 1.807) is 6.07 Å². The van der Waals surface area contributed by atoms with Crippen LogP contribution in [0.2, 0.25) is 0 Å². The Balaban J connectivity index is 1.65. The first-order valence-corrected chi connectivity index (χ1v) is 9.91. The topological polar surface area (TPSA) is 55.6 Å². The van der Waals surface area contributed by atoms with Gasteiger partial charge in [-0.2, -0.15) is 13.2 Å². The number of hydrogen-bond donors (Lipinski definition) is 1. The standard InChI is InChI=1S/C22H17F3N2O2S/c23-22(24,25)16-9-3-1-7-15(16)13-29-18-12-19(30-20(18)21(26)28)27-11-5-8-14-6-2-4-10-17(14)27/h1-7,9-12H,8,13H2,(H2,26,28). The zero-order valence-electron chi connectivity index (χ0n) is 15.6. The minimum atomic E-state index is -4.49. The molecular weight excluding hydrogens is 413 g/mol. The van der Waals surface area contributed by atoms with E-state index in [0.717, 1.165) is 35.1 Å². The second-order valence-corrected chi connectivity index (χ2v) is 7.70. The number of fused-ring (bicyclic) bond motifs is 1. The molecule has 0 fully saturated rings. The fourth-order valence-electron chi connectivity index (χ4n) is 3.31. The molecule has 1 aliphatic rings. The highest BCUT2D eigenvalue weighted by molar-refractivity contribution is 7.18. The number of thiophene rings is 1. The molecule has 4 rings (SSSR count). The second-order valence-electron chi connectivity index (χ2n) is 6.67. The third kappa shape index (κ3) is 3.91. The van der Waals surface area contributed by atoms with E-state index in [1.807, 2.05) is 41.4 Å². The molecule has 30 heavy (non-hydrogen) atoms. The van der Waals surface area contributed by atoms with E-state index in [-0.39, 0.29) is 22.8 Å². The summed E-state index contributed by atoms with van der Waals surface area (Å²) in [6.45, 7) is -0.335. The molecule has 2 N–H and O–H groups in total. The third-order valence-corrected chi connectivity index (χ3v) is 5.83. The highest BCUT2D eigenvalue weighted by atomic mass is 32.1. The zero-order chi connectivity index (χ0) is 21.3. The Kier molecular flexibility index (Phi) is 5.26. The Hall–Kier alpha value is -3.26. The van der Waals surface area contributed by atoms with Crippen molar-refractivity contribution in [3.63, 3.8) is 0 Å². The van der Waals surface area contributed by atoms with Crippen LogP contribution in [0.15, 0.2) is 66.9 Å². The molecule has 0 saturated carbocycles. The van der Waals surface area contributed by atoms with Crippen molar-refractivity contribution in [3.8, 4) is 5.75 Å². The molecule has 0 unspecified atom stereocenters. The van der Waals surface area contributed by atoms with Gasteiger partial charge in [-0.05, 0) is 24.1 Å². The zero-order valence-corrected chi connectivity index (χ0v) is 16.5. The van der Waals surface area contributed by atoms with Crippen LogP contribution in [-0.4, -0.2) is 5.91 Å². The average Bonchev–Trinajstić information content (AvgIpc) is 3.16. The van der Waals surface area contributed by atoms with E-state index in [1.165, 1.54) is 18.2 Å². The van der Waals surface area contributed by atoms with Crippen LogP contribution in [0.4, 0.5) is 23.9 Å². The van der Waals surface area contributed by atoms with Crippen molar-refractivity contribution < 1.29 is 22.7 Å². The van der Waals surface area contributed by atoms with Gasteiger partial charge in [-0.1, -0.05) is 42.5 Å². The Morgan fingerprint density at radius 3 is 2.63 bits per heavy atom. The van der Waals surface area contributed by atoms with E-state index >= 15 is 0 Å². The van der Waals surface area contributed by atoms with E-state index in [0.29, 0.717) is 5.00 Å². The molecule has 154 valence electrons. The lowest BCUT2D eigenvalue weighted by molar-refractivity contribution is -0.138. The molecular formula is C22H17F3N2O2S. The summed E-state index contributed by atoms with van der Waals surface area (Å²) in [4.78, 5) is 14.0. The van der Waals surface area contributed by atoms with Crippen LogP contribution in [0.25, 0.3) is 0 Å². The number of nitrogens with zero attached hydrogens (tertiary/aromatic N) is 1. The maximum Gasteiger partial charge on any atom is 0.416 e. The maximum absolute atomic E-state index is 13.2. The van der Waals surface area contributed by atoms with Crippen molar-refractivity contribution in [1.29, 1.82) is 0 Å². The van der Waals surface area contributed by atoms with Gasteiger partial charge < -0.3 is 15.4 Å². The summed E-state index contributed by atoms with van der Waals surface area (Å²) < 4.78 is 45.3. The first-order valence-electron chi connectivity index (χ1n) is 9.10. The number of rotatable bonds is 5. The molecule has 0 spiro atoms. The number of benzene rings is 2. The first-order chi connectivity index (χ1) is 14.3. The number of allylic oxidation sites excluding steroid dienone is 1. The smallest absolute Gasteiger partial charge is 0.416 e. The summed E-state index contributed by atoms with van der Waals surface area (Å²) in [5.41, 5.74) is 6.79. The molecule has 2 aromatic carbocycles. The van der Waals surface area contributed by atoms with Gasteiger partial charge in [0.25, 0.3) is 5.91 Å². The van der Waals surface area contributed by atoms with Crippen LogP contribution in [0.1, 0.15) is 26.4 Å². The normalized spacial score (nSPS) is 13.2. The fourth-order valence-corrected chi connectivity index (χ4v) is 4.27. The number of nitrogens with two attached hydrogens (primary N) is 1. The number of halogens is 3. The summed E-state index contributed by atoms with van der Waals surface area (Å²) in [5, 5.41) is 0.686. The number of carbonyl (C=O) groups excluding carboxylic acids is 1. The predicted octanol–water partition coefficient (Wildman–Crippen LogP) is 5.65. The molecule has 0 atom stereocenters. The molecule has 0 bridgehead atoms. The third-order valence-electron chi connectivity index (χ3n) is 4.70. The molecule has 2 heterocycles. The van der Waals surface area contributed by atoms with Gasteiger partial charge in [0.05, 0.1) is 5.56 Å². The number of ether oxygens (including phenoxy) is 1. The first kappa shape index (κ1) is 20.0. The number of primary amides is 1. The highest BCUT2D eigenvalue weighted by Crippen LogP contribution is 2.42. The van der Waals surface area contributed by atoms with Gasteiger partial charge in [0.1, 0.15) is 22.2 Å². The Labute approximate surface area is 175 Å². The molecule has 1 aromatic heterocycles. The molecule has 8 heteroatoms. The Bertz CT molecular complexity index is 1120. The quantitative estimate of drug-likeness (QED) is 0.569. The van der Waals surface area contributed by atoms with Crippen LogP contribution >= 0.6 is 11.3 Å². The fraction of sp³-hybridized carbons (Fsp3) is 0.136. The summed E-state index contributed by atoms with van der Waals surface area (Å²) >= 11 is 1.14. The molecule has 1 amide bonds. The van der Waals surface area contributed by atoms with Crippen LogP contribution in [0, 0.1) is 0 Å². The minimum Gasteiger partial charge on any atom is -0.487 e. The second kappa shape index (κ2) is 7.87. The van der Waals surface area contributed by atoms with Gasteiger partial charge in [-0.3, -0.25) is 4.79 Å². The SMILES string of the molecule is NC(=O)c1sc(N2C=CCc3ccccc32)cc1OCc1ccccc1C(F)(F)F. The monoisotopic (exact) mass is 430 g/mol. The van der Waals surface area contributed by atoms with Crippen molar-refractivity contribution >= 4 is 27.9 Å². The van der Waals surface area contributed by atoms with Crippen LogP contribution in [0.5, 0.6) is 5.75 Å². The van der Waals surface area contributed by atoms with Crippen LogP contribution in [-0.2, 0) is 19.2 Å². The highest BCUT2D eigenvalue weighted by Gasteiger charge is 2.33. The van der Waals surface area contributed by atoms with Gasteiger partial charge >= 0.3 is 6.18 Å². The van der Waals surface area contributed by atoms with Crippen molar-refractivity contribution in [1.82, 2.24) is 0 Å². The number of anilines is 2. The van der Waals surface area contributed by atoms with E-state index < -0.39 is 17.6 Å². The van der Waals surface area contributed by atoms with Crippen LogP contribution in [0.3, 0.4) is 0 Å². The van der Waals surface area contributed by atoms with E-state index in [9.17, 15) is 18.0 Å². The number of hydrogen-bond acceptors (Lipinski definition) is 4. The lowest BCUT2D eigenvalue weighted by atomic mass is 10.1. The summed E-state index contributed by atoms with van der Waals surface area (Å²) in [6, 6.07) is 14.7. The predicted molar refractivity (Wildman–Crippen MR) is 110 cm³/mol. The Morgan fingerprint density at radius 1 is 1.13 bits per heavy atom. The lowest BCUT2D eigenvalue weighted by Crippen LogP contribution is -2.13. The van der Waals surface area contributed by atoms with Gasteiger partial charge in [0, 0.05) is 23.5 Å². The number of amides is 1. The van der Waals surface area contributed by atoms with Gasteiger partial charge in [-0.25, -0.2) is 0 Å². The molecule has 0 aliphatic carbocycles. The molecule has 0 saturated heterocycles. The van der Waals surface area contributed by atoms with Crippen LogP contribution < -0.4 is 15.4 Å². The van der Waals surface area contributed by atoms with Gasteiger partial charge in [0.2, 0.25) is 0 Å². The van der Waals surface area contributed by atoms with Gasteiger partial charge in [0.15, 0.2) is 0 Å². The summed E-state index contributed by atoms with van der Waals surface area (Å²) in [5.74, 6) is -0.532. The summed E-state index contributed by atoms with van der Waals surface area (Å²) in [7, 11) is 0. The van der Waals surface area contributed by atoms with Crippen molar-refractivity contribution in [2.24, 2.45) is 5.73 Å². The average molecular weight is 430 g/mol. The molecule has 4 nitrogen and oxygen atoms in total. The van der Waals surface area contributed by atoms with E-state index in [2.05, 4.69) is 0 Å². The van der Waals surface area contributed by atoms with Gasteiger partial charge in [-0.15, -0.1) is 11.3 Å². The molecule has 0 radical (unpaired) electrons. The minimum absolute atomic E-state index is 0.0172. The summed E-state index contributed by atoms with van der Waals surface area (Å²) in [6.07, 6.45) is 0.181. The van der Waals surface area contributed by atoms with Crippen molar-refractivity contribution in [2.45, 2.75) is 19.2 Å². The van der Waals surface area contributed by atoms with Crippen molar-refractivity contribution in [3.05, 3.63) is 88.4 Å². The number of carbonyl (C=O) groups is 1. The molecule has 3 aromatic rings. The van der Waals surface area contributed by atoms with E-state index in [4.69, 9.17) is 10.5 Å². The van der Waals surface area contributed by atoms with Crippen molar-refractivity contribution in [2.75, 3.05) is 4.90 Å². The Morgan fingerprint density at radius 2 is 1.87 bits per heavy atom. The number of alkyl halides is 3. The lowest BCUT2D eigenvalue weighted by Gasteiger charge is -2.24. The maximum atomic E-state index is 13.2. The largest absolute Gasteiger partial charge is 0.487 e.